The molecule has 0 amide bonds. The summed E-state index contributed by atoms with van der Waals surface area (Å²) in [6.45, 7) is 3.10. The summed E-state index contributed by atoms with van der Waals surface area (Å²) in [4.78, 5) is 2.93. The molecular weight excluding hydrogens is 256 g/mol. The Hall–Kier alpha value is -0.580. The van der Waals surface area contributed by atoms with E-state index in [1.807, 2.05) is 0 Å². The molecule has 17 heavy (non-hydrogen) atoms. The molecule has 0 saturated carbocycles. The maximum atomic E-state index is 12.2. The highest BCUT2D eigenvalue weighted by Crippen LogP contribution is 2.25. The molecule has 0 bridgehead atoms. The van der Waals surface area contributed by atoms with Crippen molar-refractivity contribution in [3.8, 4) is 0 Å². The summed E-state index contributed by atoms with van der Waals surface area (Å²) in [7, 11) is -1.10. The molecule has 0 aromatic heterocycles. The lowest BCUT2D eigenvalue weighted by atomic mass is 10.3. The monoisotopic (exact) mass is 272 g/mol. The molecule has 1 aromatic rings. The molecule has 1 aliphatic heterocycles. The summed E-state index contributed by atoms with van der Waals surface area (Å²) >= 11 is 6.03. The highest BCUT2D eigenvalue weighted by Gasteiger charge is 2.16. The van der Waals surface area contributed by atoms with E-state index in [0.29, 0.717) is 21.4 Å². The second-order valence-electron chi connectivity index (χ2n) is 4.26. The van der Waals surface area contributed by atoms with E-state index in [0.717, 1.165) is 19.6 Å². The van der Waals surface area contributed by atoms with Crippen LogP contribution in [0.5, 0.6) is 0 Å². The Bertz CT molecular complexity index is 399. The number of likely N-dealkylation sites (tertiary alicyclic amines) is 1. The van der Waals surface area contributed by atoms with Gasteiger partial charge in [-0.15, -0.1) is 0 Å². The van der Waals surface area contributed by atoms with Crippen molar-refractivity contribution in [2.75, 3.05) is 31.1 Å². The average Bonchev–Trinajstić information content (AvgIpc) is 2.79. The van der Waals surface area contributed by atoms with Gasteiger partial charge in [0.25, 0.3) is 0 Å². The zero-order chi connectivity index (χ0) is 12.3. The molecular formula is C12H17ClN2OS. The molecule has 1 aromatic carbocycles. The summed E-state index contributed by atoms with van der Waals surface area (Å²) in [5.74, 6) is 0.605. The van der Waals surface area contributed by atoms with E-state index >= 15 is 0 Å². The largest absolute Gasteiger partial charge is 0.398 e. The quantitative estimate of drug-likeness (QED) is 0.854. The van der Waals surface area contributed by atoms with E-state index in [-0.39, 0.29) is 0 Å². The van der Waals surface area contributed by atoms with Crippen LogP contribution in [0.1, 0.15) is 12.8 Å². The molecule has 1 aliphatic rings. The minimum absolute atomic E-state index is 0.504. The summed E-state index contributed by atoms with van der Waals surface area (Å²) in [5.41, 5.74) is 6.34. The first-order valence-electron chi connectivity index (χ1n) is 5.83. The van der Waals surface area contributed by atoms with Gasteiger partial charge in [0.1, 0.15) is 0 Å². The van der Waals surface area contributed by atoms with Crippen molar-refractivity contribution in [2.45, 2.75) is 17.7 Å². The first kappa shape index (κ1) is 12.9. The average molecular weight is 273 g/mol. The lowest BCUT2D eigenvalue weighted by Gasteiger charge is -2.14. The summed E-state index contributed by atoms with van der Waals surface area (Å²) < 4.78 is 12.2. The van der Waals surface area contributed by atoms with Gasteiger partial charge in [0, 0.05) is 18.0 Å². The van der Waals surface area contributed by atoms with E-state index in [1.54, 1.807) is 18.2 Å². The molecule has 0 aliphatic carbocycles. The predicted molar refractivity (Wildman–Crippen MR) is 72.8 cm³/mol. The second-order valence-corrected chi connectivity index (χ2v) is 6.17. The van der Waals surface area contributed by atoms with Gasteiger partial charge in [-0.25, -0.2) is 0 Å². The van der Waals surface area contributed by atoms with Crippen molar-refractivity contribution in [1.29, 1.82) is 0 Å². The van der Waals surface area contributed by atoms with Gasteiger partial charge >= 0.3 is 0 Å². The third-order valence-electron chi connectivity index (χ3n) is 3.02. The van der Waals surface area contributed by atoms with Crippen LogP contribution in [0.25, 0.3) is 0 Å². The lowest BCUT2D eigenvalue weighted by molar-refractivity contribution is 0.361. The van der Waals surface area contributed by atoms with E-state index in [9.17, 15) is 4.21 Å². The van der Waals surface area contributed by atoms with Gasteiger partial charge in [-0.05, 0) is 38.1 Å². The first-order valence-corrected chi connectivity index (χ1v) is 7.53. The van der Waals surface area contributed by atoms with E-state index < -0.39 is 10.8 Å². The van der Waals surface area contributed by atoms with Crippen LogP contribution in [0.15, 0.2) is 23.1 Å². The van der Waals surface area contributed by atoms with Gasteiger partial charge < -0.3 is 10.6 Å². The highest BCUT2D eigenvalue weighted by atomic mass is 35.5. The number of hydrogen-bond acceptors (Lipinski definition) is 3. The number of nitrogens with two attached hydrogens (primary N) is 1. The molecule has 1 fully saturated rings. The molecule has 0 radical (unpaired) electrons. The Morgan fingerprint density at radius 1 is 1.35 bits per heavy atom. The molecule has 1 atom stereocenters. The van der Waals surface area contributed by atoms with Crippen LogP contribution in [0.4, 0.5) is 5.69 Å². The van der Waals surface area contributed by atoms with Crippen molar-refractivity contribution < 1.29 is 4.21 Å². The molecule has 1 heterocycles. The maximum absolute atomic E-state index is 12.2. The SMILES string of the molecule is Nc1cccc(Cl)c1S(=O)CCN1CCCC1. The Kier molecular flexibility index (Phi) is 4.42. The molecule has 2 N–H and O–H groups in total. The summed E-state index contributed by atoms with van der Waals surface area (Å²) in [5, 5.41) is 0.504. The van der Waals surface area contributed by atoms with Gasteiger partial charge in [0.15, 0.2) is 0 Å². The van der Waals surface area contributed by atoms with Crippen LogP contribution in [0.2, 0.25) is 5.02 Å². The molecule has 1 unspecified atom stereocenters. The molecule has 3 nitrogen and oxygen atoms in total. The number of nitrogen functional groups attached to an aromatic ring is 1. The van der Waals surface area contributed by atoms with Crippen molar-refractivity contribution in [3.05, 3.63) is 23.2 Å². The number of nitrogens with zero attached hydrogens (tertiary/aromatic N) is 1. The Labute approximate surface area is 109 Å². The minimum Gasteiger partial charge on any atom is -0.398 e. The number of rotatable bonds is 4. The Morgan fingerprint density at radius 2 is 2.06 bits per heavy atom. The zero-order valence-corrected chi connectivity index (χ0v) is 11.3. The number of benzene rings is 1. The van der Waals surface area contributed by atoms with E-state index in [1.165, 1.54) is 12.8 Å². The number of anilines is 1. The molecule has 1 saturated heterocycles. The van der Waals surface area contributed by atoms with Gasteiger partial charge in [-0.1, -0.05) is 17.7 Å². The van der Waals surface area contributed by atoms with Gasteiger partial charge in [-0.3, -0.25) is 4.21 Å². The third-order valence-corrected chi connectivity index (χ3v) is 4.91. The fourth-order valence-corrected chi connectivity index (χ4v) is 3.77. The van der Waals surface area contributed by atoms with Gasteiger partial charge in [0.2, 0.25) is 0 Å². The summed E-state index contributed by atoms with van der Waals surface area (Å²) in [6.07, 6.45) is 2.50. The van der Waals surface area contributed by atoms with Crippen molar-refractivity contribution in [2.24, 2.45) is 0 Å². The van der Waals surface area contributed by atoms with Gasteiger partial charge in [0.05, 0.1) is 20.7 Å². The van der Waals surface area contributed by atoms with Crippen molar-refractivity contribution >= 4 is 28.1 Å². The first-order chi connectivity index (χ1) is 8.18. The van der Waals surface area contributed by atoms with Crippen LogP contribution in [-0.4, -0.2) is 34.5 Å². The highest BCUT2D eigenvalue weighted by molar-refractivity contribution is 7.85. The van der Waals surface area contributed by atoms with Crippen molar-refractivity contribution in [1.82, 2.24) is 4.90 Å². The Morgan fingerprint density at radius 3 is 2.71 bits per heavy atom. The smallest absolute Gasteiger partial charge is 0.0803 e. The standard InChI is InChI=1S/C12H17ClN2OS/c13-10-4-3-5-11(14)12(10)17(16)9-8-15-6-1-2-7-15/h3-5H,1-2,6-9,14H2. The minimum atomic E-state index is -1.10. The van der Waals surface area contributed by atoms with Crippen LogP contribution in [0, 0.1) is 0 Å². The summed E-state index contributed by atoms with van der Waals surface area (Å²) in [6, 6.07) is 5.26. The van der Waals surface area contributed by atoms with E-state index in [4.69, 9.17) is 17.3 Å². The van der Waals surface area contributed by atoms with Crippen LogP contribution >= 0.6 is 11.6 Å². The van der Waals surface area contributed by atoms with Crippen LogP contribution in [-0.2, 0) is 10.8 Å². The molecule has 94 valence electrons. The normalized spacial score (nSPS) is 18.4. The predicted octanol–water partition coefficient (Wildman–Crippen LogP) is 2.13. The molecule has 0 spiro atoms. The Balaban J connectivity index is 1.99. The van der Waals surface area contributed by atoms with E-state index in [2.05, 4.69) is 4.90 Å². The third kappa shape index (κ3) is 3.21. The van der Waals surface area contributed by atoms with Gasteiger partial charge in [-0.2, -0.15) is 0 Å². The maximum Gasteiger partial charge on any atom is 0.0803 e. The second kappa shape index (κ2) is 5.85. The van der Waals surface area contributed by atoms with Crippen molar-refractivity contribution in [3.63, 3.8) is 0 Å². The van der Waals surface area contributed by atoms with Crippen LogP contribution in [0.3, 0.4) is 0 Å². The fraction of sp³-hybridized carbons (Fsp3) is 0.500. The molecule has 5 heteroatoms. The lowest BCUT2D eigenvalue weighted by Crippen LogP contribution is -2.24. The molecule has 2 rings (SSSR count). The van der Waals surface area contributed by atoms with Crippen LogP contribution < -0.4 is 5.73 Å². The fourth-order valence-electron chi connectivity index (χ4n) is 2.09. The zero-order valence-electron chi connectivity index (χ0n) is 9.69. The number of hydrogen-bond donors (Lipinski definition) is 1. The topological polar surface area (TPSA) is 46.3 Å². The number of halogens is 1.